The number of esters is 1. The van der Waals surface area contributed by atoms with Gasteiger partial charge in [-0.05, 0) is 54.8 Å². The number of hydrogen-bond donors (Lipinski definition) is 0. The monoisotopic (exact) mass is 544 g/mol. The number of ether oxygens (including phenoxy) is 2. The van der Waals surface area contributed by atoms with Crippen molar-refractivity contribution >= 4 is 27.6 Å². The first-order valence-electron chi connectivity index (χ1n) is 12.0. The first-order valence-corrected chi connectivity index (χ1v) is 13.8. The lowest BCUT2D eigenvalue weighted by atomic mass is 9.88. The van der Waals surface area contributed by atoms with Crippen LogP contribution in [0.2, 0.25) is 5.02 Å². The van der Waals surface area contributed by atoms with E-state index in [1.54, 1.807) is 62.6 Å². The molecule has 0 bridgehead atoms. The van der Waals surface area contributed by atoms with Crippen LogP contribution in [0.1, 0.15) is 42.9 Å². The summed E-state index contributed by atoms with van der Waals surface area (Å²) in [6, 6.07) is 15.1. The predicted molar refractivity (Wildman–Crippen MR) is 140 cm³/mol. The number of pyridine rings is 1. The lowest BCUT2D eigenvalue weighted by molar-refractivity contribution is -0.143. The lowest BCUT2D eigenvalue weighted by Gasteiger charge is -2.23. The highest BCUT2D eigenvalue weighted by Crippen LogP contribution is 2.34. The van der Waals surface area contributed by atoms with Crippen LogP contribution < -0.4 is 10.3 Å². The van der Waals surface area contributed by atoms with Crippen molar-refractivity contribution in [2.45, 2.75) is 43.7 Å². The maximum atomic E-state index is 13.5. The molecule has 10 heteroatoms. The minimum atomic E-state index is -3.86. The van der Waals surface area contributed by atoms with Crippen LogP contribution in [-0.4, -0.2) is 42.5 Å². The van der Waals surface area contributed by atoms with Gasteiger partial charge in [0.25, 0.3) is 5.56 Å². The van der Waals surface area contributed by atoms with Crippen LogP contribution in [0, 0.1) is 0 Å². The Kier molecular flexibility index (Phi) is 8.06. The van der Waals surface area contributed by atoms with Crippen LogP contribution >= 0.6 is 11.6 Å². The van der Waals surface area contributed by atoms with Gasteiger partial charge in [0.1, 0.15) is 16.7 Å². The summed E-state index contributed by atoms with van der Waals surface area (Å²) in [7, 11) is -2.21. The van der Waals surface area contributed by atoms with E-state index in [-0.39, 0.29) is 42.7 Å². The van der Waals surface area contributed by atoms with E-state index in [0.29, 0.717) is 21.9 Å². The number of sulfonamides is 1. The molecule has 2 aromatic carbocycles. The number of halogens is 1. The van der Waals surface area contributed by atoms with E-state index in [0.717, 1.165) is 5.56 Å². The molecule has 2 atom stereocenters. The van der Waals surface area contributed by atoms with Crippen molar-refractivity contribution in [1.82, 2.24) is 8.87 Å². The number of carbonyl (C=O) groups is 1. The smallest absolute Gasteiger partial charge is 0.306 e. The Morgan fingerprint density at radius 1 is 1.16 bits per heavy atom. The Bertz CT molecular complexity index is 1470. The fraction of sp³-hybridized carbons (Fsp3) is 0.333. The summed E-state index contributed by atoms with van der Waals surface area (Å²) >= 11 is 6.54. The lowest BCUT2D eigenvalue weighted by Crippen LogP contribution is -2.35. The van der Waals surface area contributed by atoms with E-state index in [4.69, 9.17) is 21.1 Å². The molecule has 0 radical (unpaired) electrons. The van der Waals surface area contributed by atoms with Crippen molar-refractivity contribution in [2.75, 3.05) is 13.2 Å². The number of hydrogen-bond acceptors (Lipinski definition) is 6. The molecule has 1 aliphatic heterocycles. The van der Waals surface area contributed by atoms with Gasteiger partial charge in [-0.2, -0.15) is 4.31 Å². The average molecular weight is 545 g/mol. The first-order chi connectivity index (χ1) is 17.6. The molecule has 0 aliphatic carbocycles. The van der Waals surface area contributed by atoms with E-state index >= 15 is 0 Å². The van der Waals surface area contributed by atoms with Crippen molar-refractivity contribution in [1.29, 1.82) is 0 Å². The molecule has 0 saturated heterocycles. The van der Waals surface area contributed by atoms with E-state index in [1.807, 2.05) is 6.92 Å². The second-order valence-corrected chi connectivity index (χ2v) is 11.3. The van der Waals surface area contributed by atoms with Gasteiger partial charge in [0.15, 0.2) is 0 Å². The van der Waals surface area contributed by atoms with Gasteiger partial charge in [-0.1, -0.05) is 35.9 Å². The molecule has 0 saturated carbocycles. The molecular formula is C27H29ClN2O6S. The zero-order chi connectivity index (χ0) is 26.7. The van der Waals surface area contributed by atoms with E-state index in [2.05, 4.69) is 0 Å². The van der Waals surface area contributed by atoms with Crippen molar-refractivity contribution in [2.24, 2.45) is 7.05 Å². The zero-order valence-electron chi connectivity index (χ0n) is 20.9. The van der Waals surface area contributed by atoms with Crippen LogP contribution in [0.4, 0.5) is 0 Å². The summed E-state index contributed by atoms with van der Waals surface area (Å²) in [5.41, 5.74) is 1.75. The number of nitrogens with zero attached hydrogens (tertiary/aromatic N) is 2. The molecule has 3 aromatic rings. The summed E-state index contributed by atoms with van der Waals surface area (Å²) in [5, 5.41) is 0.393. The zero-order valence-corrected chi connectivity index (χ0v) is 22.5. The fourth-order valence-corrected chi connectivity index (χ4v) is 6.20. The Labute approximate surface area is 221 Å². The Morgan fingerprint density at radius 3 is 2.62 bits per heavy atom. The molecule has 1 aliphatic rings. The molecule has 1 unspecified atom stereocenters. The molecule has 37 heavy (non-hydrogen) atoms. The van der Waals surface area contributed by atoms with Crippen LogP contribution in [0.25, 0.3) is 0 Å². The van der Waals surface area contributed by atoms with Crippen LogP contribution in [0.15, 0.2) is 70.5 Å². The van der Waals surface area contributed by atoms with Gasteiger partial charge in [-0.25, -0.2) is 8.42 Å². The predicted octanol–water partition coefficient (Wildman–Crippen LogP) is 4.10. The number of fused-ring (bicyclic) bond motifs is 1. The van der Waals surface area contributed by atoms with Crippen LogP contribution in [-0.2, 0) is 33.1 Å². The van der Waals surface area contributed by atoms with Crippen molar-refractivity contribution in [3.8, 4) is 5.75 Å². The van der Waals surface area contributed by atoms with E-state index in [9.17, 15) is 18.0 Å². The molecule has 1 aromatic heterocycles. The SMILES string of the molecule is CCOC(=O)CC(c1ccc(Cl)c(CN2C[C@@H](C)Oc3ccccc3S2(=O)=O)c1)c1ccn(C)c(=O)c1. The number of aryl methyl sites for hydroxylation is 1. The summed E-state index contributed by atoms with van der Waals surface area (Å²) < 4.78 is 40.9. The highest BCUT2D eigenvalue weighted by atomic mass is 35.5. The quantitative estimate of drug-likeness (QED) is 0.416. The van der Waals surface area contributed by atoms with Gasteiger partial charge < -0.3 is 14.0 Å². The highest BCUT2D eigenvalue weighted by molar-refractivity contribution is 7.89. The Morgan fingerprint density at radius 2 is 1.89 bits per heavy atom. The normalized spacial score (nSPS) is 17.8. The number of aromatic nitrogens is 1. The first kappa shape index (κ1) is 26.9. The van der Waals surface area contributed by atoms with E-state index < -0.39 is 21.9 Å². The number of benzene rings is 2. The molecule has 0 fully saturated rings. The number of rotatable bonds is 7. The topological polar surface area (TPSA) is 94.9 Å². The third kappa shape index (κ3) is 5.89. The fourth-order valence-electron chi connectivity index (χ4n) is 4.41. The van der Waals surface area contributed by atoms with Crippen molar-refractivity contribution < 1.29 is 22.7 Å². The van der Waals surface area contributed by atoms with Gasteiger partial charge in [0, 0.05) is 36.8 Å². The minimum Gasteiger partial charge on any atom is -0.488 e. The summed E-state index contributed by atoms with van der Waals surface area (Å²) in [5.74, 6) is -0.562. The minimum absolute atomic E-state index is 0.0136. The van der Waals surface area contributed by atoms with Gasteiger partial charge in [0.2, 0.25) is 10.0 Å². The summed E-state index contributed by atoms with van der Waals surface area (Å²) in [6.45, 7) is 3.94. The summed E-state index contributed by atoms with van der Waals surface area (Å²) in [6.07, 6.45) is 1.29. The molecular weight excluding hydrogens is 516 g/mol. The molecule has 2 heterocycles. The number of carbonyl (C=O) groups excluding carboxylic acids is 1. The standard InChI is InChI=1S/C27H29ClN2O6S/c1-4-35-27(32)15-22(20-11-12-29(3)26(31)14-20)19-9-10-23(28)21(13-19)17-30-16-18(2)36-24-7-5-6-8-25(24)37(30,33)34/h5-14,18,22H,4,15-17H2,1-3H3/t18-,22?/m1/s1. The second kappa shape index (κ2) is 11.1. The highest BCUT2D eigenvalue weighted by Gasteiger charge is 2.33. The van der Waals surface area contributed by atoms with Gasteiger partial charge in [-0.15, -0.1) is 0 Å². The van der Waals surface area contributed by atoms with Crippen molar-refractivity contribution in [3.63, 3.8) is 0 Å². The largest absolute Gasteiger partial charge is 0.488 e. The third-order valence-electron chi connectivity index (χ3n) is 6.28. The Hall–Kier alpha value is -3.14. The maximum absolute atomic E-state index is 13.5. The average Bonchev–Trinajstić information content (AvgIpc) is 2.94. The molecule has 196 valence electrons. The summed E-state index contributed by atoms with van der Waals surface area (Å²) in [4.78, 5) is 24.9. The Balaban J connectivity index is 1.73. The molecule has 4 rings (SSSR count). The van der Waals surface area contributed by atoms with Crippen LogP contribution in [0.5, 0.6) is 5.75 Å². The van der Waals surface area contributed by atoms with Crippen LogP contribution in [0.3, 0.4) is 0 Å². The maximum Gasteiger partial charge on any atom is 0.306 e. The van der Waals surface area contributed by atoms with Crippen molar-refractivity contribution in [3.05, 3.63) is 92.9 Å². The molecule has 0 spiro atoms. The van der Waals surface area contributed by atoms with E-state index in [1.165, 1.54) is 21.0 Å². The molecule has 0 amide bonds. The molecule has 8 nitrogen and oxygen atoms in total. The number of para-hydroxylation sites is 1. The van der Waals surface area contributed by atoms with Gasteiger partial charge in [-0.3, -0.25) is 9.59 Å². The third-order valence-corrected chi connectivity index (χ3v) is 8.50. The van der Waals surface area contributed by atoms with Gasteiger partial charge in [0.05, 0.1) is 19.6 Å². The van der Waals surface area contributed by atoms with Gasteiger partial charge >= 0.3 is 5.97 Å². The second-order valence-electron chi connectivity index (χ2n) is 8.99. The molecule has 0 N–H and O–H groups in total.